The molecule has 7 heteroatoms. The molecule has 33 heavy (non-hydrogen) atoms. The van der Waals surface area contributed by atoms with E-state index in [2.05, 4.69) is 6.92 Å². The second-order valence-electron chi connectivity index (χ2n) is 7.62. The third-order valence-corrected chi connectivity index (χ3v) is 4.72. The van der Waals surface area contributed by atoms with Crippen molar-refractivity contribution in [3.63, 3.8) is 0 Å². The molecule has 0 aliphatic rings. The highest BCUT2D eigenvalue weighted by Crippen LogP contribution is 2.22. The van der Waals surface area contributed by atoms with E-state index in [1.54, 1.807) is 18.2 Å². The molecule has 0 spiro atoms. The second-order valence-corrected chi connectivity index (χ2v) is 7.62. The van der Waals surface area contributed by atoms with Gasteiger partial charge in [0.15, 0.2) is 0 Å². The minimum absolute atomic E-state index is 0.0375. The van der Waals surface area contributed by atoms with Gasteiger partial charge in [0.2, 0.25) is 0 Å². The first kappa shape index (κ1) is 26.3. The Labute approximate surface area is 193 Å². The van der Waals surface area contributed by atoms with Crippen molar-refractivity contribution in [3.8, 4) is 17.2 Å². The average Bonchev–Trinajstić information content (AvgIpc) is 2.79. The molecule has 2 rings (SSSR count). The highest BCUT2D eigenvalue weighted by atomic mass is 19.4. The fourth-order valence-electron chi connectivity index (χ4n) is 2.95. The summed E-state index contributed by atoms with van der Waals surface area (Å²) in [6.07, 6.45) is 3.73. The van der Waals surface area contributed by atoms with E-state index in [9.17, 15) is 18.0 Å². The number of halogens is 3. The van der Waals surface area contributed by atoms with E-state index < -0.39 is 18.6 Å². The lowest BCUT2D eigenvalue weighted by atomic mass is 10.2. The van der Waals surface area contributed by atoms with Gasteiger partial charge < -0.3 is 14.2 Å². The lowest BCUT2D eigenvalue weighted by Crippen LogP contribution is -2.09. The van der Waals surface area contributed by atoms with Crippen molar-refractivity contribution in [3.05, 3.63) is 60.2 Å². The van der Waals surface area contributed by atoms with Crippen LogP contribution in [-0.2, 0) is 4.79 Å². The molecule has 0 aliphatic heterocycles. The molecule has 0 N–H and O–H groups in total. The quantitative estimate of drug-likeness (QED) is 0.127. The van der Waals surface area contributed by atoms with E-state index in [4.69, 9.17) is 14.2 Å². The number of alkyl halides is 3. The Morgan fingerprint density at radius 1 is 0.788 bits per heavy atom. The van der Waals surface area contributed by atoms with Gasteiger partial charge in [-0.15, -0.1) is 0 Å². The molecule has 180 valence electrons. The van der Waals surface area contributed by atoms with Gasteiger partial charge in [-0.2, -0.15) is 13.2 Å². The van der Waals surface area contributed by atoms with Crippen molar-refractivity contribution < 1.29 is 32.2 Å². The molecule has 0 radical (unpaired) electrons. The van der Waals surface area contributed by atoms with Gasteiger partial charge in [0, 0.05) is 12.5 Å². The lowest BCUT2D eigenvalue weighted by Gasteiger charge is -2.08. The van der Waals surface area contributed by atoms with Crippen LogP contribution in [0.5, 0.6) is 17.2 Å². The predicted octanol–water partition coefficient (Wildman–Crippen LogP) is 7.38. The number of esters is 1. The molecule has 2 aromatic carbocycles. The molecule has 0 bridgehead atoms. The van der Waals surface area contributed by atoms with E-state index in [-0.39, 0.29) is 13.0 Å². The standard InChI is InChI=1S/C26H31F3O4/c1-2-3-4-5-6-19-31-22-11-8-21(9-12-22)10-17-25(30)33-24-15-13-23(14-16-24)32-20-7-18-26(27,28)29/h8-17H,2-7,18-20H2,1H3. The zero-order valence-electron chi connectivity index (χ0n) is 18.9. The first-order valence-corrected chi connectivity index (χ1v) is 11.3. The first-order valence-electron chi connectivity index (χ1n) is 11.3. The number of benzene rings is 2. The molecule has 0 unspecified atom stereocenters. The van der Waals surface area contributed by atoms with Crippen molar-refractivity contribution in [1.29, 1.82) is 0 Å². The Morgan fingerprint density at radius 2 is 1.33 bits per heavy atom. The van der Waals surface area contributed by atoms with Gasteiger partial charge >= 0.3 is 12.1 Å². The molecular weight excluding hydrogens is 433 g/mol. The molecule has 0 amide bonds. The summed E-state index contributed by atoms with van der Waals surface area (Å²) >= 11 is 0. The molecule has 0 aliphatic carbocycles. The number of hydrogen-bond acceptors (Lipinski definition) is 4. The maximum atomic E-state index is 12.1. The molecule has 0 atom stereocenters. The summed E-state index contributed by atoms with van der Waals surface area (Å²) in [5.74, 6) is 0.984. The van der Waals surface area contributed by atoms with Crippen molar-refractivity contribution in [2.45, 2.75) is 58.0 Å². The largest absolute Gasteiger partial charge is 0.494 e. The first-order chi connectivity index (χ1) is 15.9. The van der Waals surface area contributed by atoms with Crippen LogP contribution in [0.15, 0.2) is 54.6 Å². The number of rotatable bonds is 14. The zero-order valence-corrected chi connectivity index (χ0v) is 18.9. The van der Waals surface area contributed by atoms with Crippen molar-refractivity contribution >= 4 is 12.0 Å². The minimum Gasteiger partial charge on any atom is -0.494 e. The summed E-state index contributed by atoms with van der Waals surface area (Å²) in [6.45, 7) is 2.85. The third-order valence-electron chi connectivity index (χ3n) is 4.72. The summed E-state index contributed by atoms with van der Waals surface area (Å²) in [5, 5.41) is 0. The maximum Gasteiger partial charge on any atom is 0.389 e. The van der Waals surface area contributed by atoms with Gasteiger partial charge in [-0.1, -0.05) is 44.7 Å². The number of ether oxygens (including phenoxy) is 3. The predicted molar refractivity (Wildman–Crippen MR) is 123 cm³/mol. The summed E-state index contributed by atoms with van der Waals surface area (Å²) in [5.41, 5.74) is 0.838. The molecule has 0 saturated carbocycles. The maximum absolute atomic E-state index is 12.1. The number of unbranched alkanes of at least 4 members (excludes halogenated alkanes) is 4. The van der Waals surface area contributed by atoms with Crippen LogP contribution in [0, 0.1) is 0 Å². The number of carbonyl (C=O) groups is 1. The van der Waals surface area contributed by atoms with Crippen molar-refractivity contribution in [2.75, 3.05) is 13.2 Å². The van der Waals surface area contributed by atoms with Crippen LogP contribution in [0.3, 0.4) is 0 Å². The van der Waals surface area contributed by atoms with Crippen LogP contribution in [0.1, 0.15) is 57.4 Å². The van der Waals surface area contributed by atoms with Gasteiger partial charge in [-0.05, 0) is 60.9 Å². The van der Waals surface area contributed by atoms with Gasteiger partial charge in [0.25, 0.3) is 0 Å². The summed E-state index contributed by atoms with van der Waals surface area (Å²) < 4.78 is 52.6. The number of carbonyl (C=O) groups excluding carboxylic acids is 1. The highest BCUT2D eigenvalue weighted by molar-refractivity contribution is 5.88. The smallest absolute Gasteiger partial charge is 0.389 e. The Kier molecular flexibility index (Phi) is 11.3. The molecule has 0 aromatic heterocycles. The molecule has 0 saturated heterocycles. The van der Waals surface area contributed by atoms with Crippen LogP contribution in [0.2, 0.25) is 0 Å². The third kappa shape index (κ3) is 12.0. The molecule has 0 heterocycles. The van der Waals surface area contributed by atoms with Crippen LogP contribution >= 0.6 is 0 Å². The van der Waals surface area contributed by atoms with Crippen LogP contribution < -0.4 is 14.2 Å². The summed E-state index contributed by atoms with van der Waals surface area (Å²) in [6, 6.07) is 13.6. The SMILES string of the molecule is CCCCCCCOc1ccc(C=CC(=O)Oc2ccc(OCCCC(F)(F)F)cc2)cc1. The van der Waals surface area contributed by atoms with Crippen LogP contribution in [0.4, 0.5) is 13.2 Å². The minimum atomic E-state index is -4.18. The Balaban J connectivity index is 1.70. The van der Waals surface area contributed by atoms with Crippen molar-refractivity contribution in [1.82, 2.24) is 0 Å². The van der Waals surface area contributed by atoms with E-state index in [1.807, 2.05) is 24.3 Å². The lowest BCUT2D eigenvalue weighted by molar-refractivity contribution is -0.136. The van der Waals surface area contributed by atoms with Crippen LogP contribution in [-0.4, -0.2) is 25.4 Å². The fraction of sp³-hybridized carbons (Fsp3) is 0.423. The van der Waals surface area contributed by atoms with E-state index >= 15 is 0 Å². The zero-order chi connectivity index (χ0) is 23.9. The van der Waals surface area contributed by atoms with E-state index in [0.29, 0.717) is 18.1 Å². The van der Waals surface area contributed by atoms with E-state index in [0.717, 1.165) is 17.7 Å². The fourth-order valence-corrected chi connectivity index (χ4v) is 2.95. The second kappa shape index (κ2) is 14.2. The summed E-state index contributed by atoms with van der Waals surface area (Å²) in [4.78, 5) is 12.0. The Bertz CT molecular complexity index is 843. The highest BCUT2D eigenvalue weighted by Gasteiger charge is 2.26. The van der Waals surface area contributed by atoms with Gasteiger partial charge in [-0.3, -0.25) is 0 Å². The van der Waals surface area contributed by atoms with Crippen LogP contribution in [0.25, 0.3) is 6.08 Å². The normalized spacial score (nSPS) is 11.5. The summed E-state index contributed by atoms with van der Waals surface area (Å²) in [7, 11) is 0. The molecule has 2 aromatic rings. The van der Waals surface area contributed by atoms with E-state index in [1.165, 1.54) is 43.9 Å². The van der Waals surface area contributed by atoms with Gasteiger partial charge in [-0.25, -0.2) is 4.79 Å². The number of hydrogen-bond donors (Lipinski definition) is 0. The Morgan fingerprint density at radius 3 is 1.94 bits per heavy atom. The Hall–Kier alpha value is -2.96. The van der Waals surface area contributed by atoms with Gasteiger partial charge in [0.1, 0.15) is 17.2 Å². The average molecular weight is 465 g/mol. The van der Waals surface area contributed by atoms with Crippen molar-refractivity contribution in [2.24, 2.45) is 0 Å². The van der Waals surface area contributed by atoms with Gasteiger partial charge in [0.05, 0.1) is 13.2 Å². The topological polar surface area (TPSA) is 44.8 Å². The monoisotopic (exact) mass is 464 g/mol. The molecule has 4 nitrogen and oxygen atoms in total. The molecule has 0 fully saturated rings. The molecular formula is C26H31F3O4.